The minimum absolute atomic E-state index is 0.0857. The van der Waals surface area contributed by atoms with Crippen LogP contribution in [0.25, 0.3) is 0 Å². The number of ether oxygens (including phenoxy) is 1. The van der Waals surface area contributed by atoms with E-state index in [0.29, 0.717) is 6.42 Å². The van der Waals surface area contributed by atoms with E-state index in [2.05, 4.69) is 10.3 Å². The minimum atomic E-state index is -0.0857. The predicted octanol–water partition coefficient (Wildman–Crippen LogP) is -0.133. The molecule has 0 aromatic carbocycles. The number of nitrogens with one attached hydrogen (secondary N) is 1. The molecule has 1 saturated carbocycles. The van der Waals surface area contributed by atoms with Crippen molar-refractivity contribution in [3.63, 3.8) is 0 Å². The molecule has 1 aliphatic carbocycles. The number of nitrogens with zero attached hydrogens (tertiary/aromatic N) is 1. The van der Waals surface area contributed by atoms with Gasteiger partial charge in [0.05, 0.1) is 6.61 Å². The smallest absolute Gasteiger partial charge is 0.233 e. The summed E-state index contributed by atoms with van der Waals surface area (Å²) in [5.74, 6) is 4.92. The lowest BCUT2D eigenvalue weighted by Crippen LogP contribution is -2.33. The van der Waals surface area contributed by atoms with Gasteiger partial charge in [-0.2, -0.15) is 0 Å². The first kappa shape index (κ1) is 12.4. The number of amides is 1. The van der Waals surface area contributed by atoms with Gasteiger partial charge in [0, 0.05) is 26.1 Å². The van der Waals surface area contributed by atoms with Crippen molar-refractivity contribution in [2.24, 2.45) is 5.84 Å². The van der Waals surface area contributed by atoms with Gasteiger partial charge in [-0.25, -0.2) is 5.84 Å². The highest BCUT2D eigenvalue weighted by atomic mass is 16.5. The maximum atomic E-state index is 10.9. The molecule has 0 atom stereocenters. The van der Waals surface area contributed by atoms with Gasteiger partial charge in [-0.05, 0) is 25.8 Å². The second-order valence-corrected chi connectivity index (χ2v) is 3.93. The maximum absolute atomic E-state index is 10.9. The Morgan fingerprint density at radius 1 is 1.53 bits per heavy atom. The van der Waals surface area contributed by atoms with Crippen molar-refractivity contribution in [1.82, 2.24) is 10.3 Å². The minimum Gasteiger partial charge on any atom is -0.383 e. The molecule has 1 aliphatic rings. The summed E-state index contributed by atoms with van der Waals surface area (Å²) >= 11 is 0. The molecular weight excluding hydrogens is 194 g/mol. The van der Waals surface area contributed by atoms with Crippen LogP contribution in [-0.2, 0) is 9.53 Å². The summed E-state index contributed by atoms with van der Waals surface area (Å²) in [6.07, 6.45) is 3.94. The topological polar surface area (TPSA) is 67.6 Å². The summed E-state index contributed by atoms with van der Waals surface area (Å²) in [6.45, 7) is 2.69. The maximum Gasteiger partial charge on any atom is 0.233 e. The fourth-order valence-electron chi connectivity index (χ4n) is 1.64. The van der Waals surface area contributed by atoms with Gasteiger partial charge in [0.1, 0.15) is 0 Å². The average molecular weight is 215 g/mol. The molecule has 15 heavy (non-hydrogen) atoms. The monoisotopic (exact) mass is 215 g/mol. The van der Waals surface area contributed by atoms with Gasteiger partial charge in [0.2, 0.25) is 5.91 Å². The second-order valence-electron chi connectivity index (χ2n) is 3.93. The van der Waals surface area contributed by atoms with Crippen LogP contribution in [0.1, 0.15) is 25.7 Å². The van der Waals surface area contributed by atoms with E-state index < -0.39 is 0 Å². The first-order valence-electron chi connectivity index (χ1n) is 5.50. The fourth-order valence-corrected chi connectivity index (χ4v) is 1.64. The van der Waals surface area contributed by atoms with Gasteiger partial charge in [-0.1, -0.05) is 0 Å². The van der Waals surface area contributed by atoms with E-state index in [-0.39, 0.29) is 5.91 Å². The first-order valence-corrected chi connectivity index (χ1v) is 5.50. The molecule has 1 fully saturated rings. The van der Waals surface area contributed by atoms with Crippen molar-refractivity contribution in [2.75, 3.05) is 26.8 Å². The molecule has 0 aromatic rings. The molecule has 3 N–H and O–H groups in total. The van der Waals surface area contributed by atoms with Crippen LogP contribution in [0, 0.1) is 0 Å². The lowest BCUT2D eigenvalue weighted by atomic mass is 10.2. The Balaban J connectivity index is 2.11. The second kappa shape index (κ2) is 6.76. The zero-order valence-corrected chi connectivity index (χ0v) is 9.37. The Morgan fingerprint density at radius 3 is 2.80 bits per heavy atom. The highest BCUT2D eigenvalue weighted by Gasteiger charge is 2.28. The highest BCUT2D eigenvalue weighted by molar-refractivity contribution is 5.75. The number of hydrogen-bond donors (Lipinski definition) is 2. The van der Waals surface area contributed by atoms with E-state index >= 15 is 0 Å². The largest absolute Gasteiger partial charge is 0.383 e. The van der Waals surface area contributed by atoms with Crippen molar-refractivity contribution in [3.8, 4) is 0 Å². The quantitative estimate of drug-likeness (QED) is 0.336. The number of hydrazine groups is 1. The molecule has 0 unspecified atom stereocenters. The number of methoxy groups -OCH3 is 1. The van der Waals surface area contributed by atoms with Crippen LogP contribution >= 0.6 is 0 Å². The third-order valence-electron chi connectivity index (χ3n) is 2.66. The molecule has 88 valence electrons. The fraction of sp³-hybridized carbons (Fsp3) is 0.900. The van der Waals surface area contributed by atoms with Gasteiger partial charge in [0.15, 0.2) is 0 Å². The van der Waals surface area contributed by atoms with Crippen molar-refractivity contribution in [1.29, 1.82) is 0 Å². The van der Waals surface area contributed by atoms with E-state index in [1.165, 1.54) is 12.8 Å². The van der Waals surface area contributed by atoms with Crippen molar-refractivity contribution < 1.29 is 9.53 Å². The molecule has 0 heterocycles. The van der Waals surface area contributed by atoms with E-state index in [4.69, 9.17) is 10.6 Å². The van der Waals surface area contributed by atoms with Crippen molar-refractivity contribution in [3.05, 3.63) is 0 Å². The van der Waals surface area contributed by atoms with Gasteiger partial charge < -0.3 is 4.74 Å². The van der Waals surface area contributed by atoms with Gasteiger partial charge >= 0.3 is 0 Å². The molecule has 0 spiro atoms. The molecule has 0 aromatic heterocycles. The standard InChI is InChI=1S/C10H21N3O2/c1-15-8-7-13(9-4-5-9)6-2-3-10(14)12-11/h9H,2-8,11H2,1H3,(H,12,14). The summed E-state index contributed by atoms with van der Waals surface area (Å²) in [7, 11) is 1.72. The van der Waals surface area contributed by atoms with Gasteiger partial charge in [-0.3, -0.25) is 15.1 Å². The molecule has 5 heteroatoms. The average Bonchev–Trinajstić information content (AvgIpc) is 3.06. The van der Waals surface area contributed by atoms with E-state index in [0.717, 1.165) is 32.2 Å². The summed E-state index contributed by atoms with van der Waals surface area (Å²) in [6, 6.07) is 0.723. The molecular formula is C10H21N3O2. The summed E-state index contributed by atoms with van der Waals surface area (Å²) in [5.41, 5.74) is 2.14. The lowest BCUT2D eigenvalue weighted by molar-refractivity contribution is -0.121. The van der Waals surface area contributed by atoms with Crippen LogP contribution in [0.5, 0.6) is 0 Å². The Hall–Kier alpha value is -0.650. The van der Waals surface area contributed by atoms with Crippen LogP contribution in [0.15, 0.2) is 0 Å². The van der Waals surface area contributed by atoms with E-state index in [1.54, 1.807) is 7.11 Å². The Bertz CT molecular complexity index is 195. The molecule has 0 aliphatic heterocycles. The molecule has 1 amide bonds. The van der Waals surface area contributed by atoms with Crippen molar-refractivity contribution in [2.45, 2.75) is 31.7 Å². The van der Waals surface area contributed by atoms with Crippen LogP contribution in [0.4, 0.5) is 0 Å². The van der Waals surface area contributed by atoms with Crippen LogP contribution < -0.4 is 11.3 Å². The zero-order valence-electron chi connectivity index (χ0n) is 9.37. The summed E-state index contributed by atoms with van der Waals surface area (Å²) in [5, 5.41) is 0. The normalized spacial score (nSPS) is 15.7. The Labute approximate surface area is 90.9 Å². The molecule has 0 bridgehead atoms. The van der Waals surface area contributed by atoms with Gasteiger partial charge in [-0.15, -0.1) is 0 Å². The Kier molecular flexibility index (Phi) is 5.60. The number of carbonyl (C=O) groups excluding carboxylic acids is 1. The summed E-state index contributed by atoms with van der Waals surface area (Å²) < 4.78 is 5.06. The third-order valence-corrected chi connectivity index (χ3v) is 2.66. The number of carbonyl (C=O) groups is 1. The Morgan fingerprint density at radius 2 is 2.27 bits per heavy atom. The molecule has 0 radical (unpaired) electrons. The summed E-state index contributed by atoms with van der Waals surface area (Å²) in [4.78, 5) is 13.3. The number of hydrogen-bond acceptors (Lipinski definition) is 4. The number of rotatable bonds is 8. The van der Waals surface area contributed by atoms with Crippen molar-refractivity contribution >= 4 is 5.91 Å². The van der Waals surface area contributed by atoms with Crippen LogP contribution in [-0.4, -0.2) is 43.7 Å². The highest BCUT2D eigenvalue weighted by Crippen LogP contribution is 2.26. The van der Waals surface area contributed by atoms with E-state index in [1.807, 2.05) is 0 Å². The molecule has 5 nitrogen and oxygen atoms in total. The van der Waals surface area contributed by atoms with E-state index in [9.17, 15) is 4.79 Å². The lowest BCUT2D eigenvalue weighted by Gasteiger charge is -2.21. The number of nitrogens with two attached hydrogens (primary N) is 1. The van der Waals surface area contributed by atoms with Crippen LogP contribution in [0.3, 0.4) is 0 Å². The SMILES string of the molecule is COCCN(CCCC(=O)NN)C1CC1. The molecule has 0 saturated heterocycles. The molecule has 1 rings (SSSR count). The van der Waals surface area contributed by atoms with Gasteiger partial charge in [0.25, 0.3) is 0 Å². The first-order chi connectivity index (χ1) is 7.27. The third kappa shape index (κ3) is 5.11. The predicted molar refractivity (Wildman–Crippen MR) is 58.0 cm³/mol. The van der Waals surface area contributed by atoms with Crippen LogP contribution in [0.2, 0.25) is 0 Å². The zero-order chi connectivity index (χ0) is 11.1.